The summed E-state index contributed by atoms with van der Waals surface area (Å²) in [5.74, 6) is -1.61. The van der Waals surface area contributed by atoms with E-state index in [0.29, 0.717) is 11.4 Å². The summed E-state index contributed by atoms with van der Waals surface area (Å²) in [5.41, 5.74) is 1.03. The first-order chi connectivity index (χ1) is 13.7. The van der Waals surface area contributed by atoms with E-state index in [1.165, 1.54) is 19.1 Å². The third kappa shape index (κ3) is 7.53. The molecule has 29 heavy (non-hydrogen) atoms. The number of hydrogen-bond donors (Lipinski definition) is 2. The molecular formula is C19H16F4N2O4. The Balaban J connectivity index is 2.08. The predicted octanol–water partition coefficient (Wildman–Crippen LogP) is 4.50. The molecule has 0 bridgehead atoms. The van der Waals surface area contributed by atoms with Gasteiger partial charge in [-0.15, -0.1) is 0 Å². The number of carbonyl (C=O) groups is 2. The van der Waals surface area contributed by atoms with Gasteiger partial charge in [-0.3, -0.25) is 9.59 Å². The van der Waals surface area contributed by atoms with Gasteiger partial charge in [-0.1, -0.05) is 0 Å². The maximum Gasteiger partial charge on any atom is 0.387 e. The van der Waals surface area contributed by atoms with Gasteiger partial charge < -0.3 is 20.1 Å². The number of hydrogen-bond acceptors (Lipinski definition) is 4. The van der Waals surface area contributed by atoms with Crippen molar-refractivity contribution in [2.45, 2.75) is 20.1 Å². The van der Waals surface area contributed by atoms with Gasteiger partial charge >= 0.3 is 13.2 Å². The third-order valence-electron chi connectivity index (χ3n) is 3.31. The minimum atomic E-state index is -3.19. The van der Waals surface area contributed by atoms with Crippen molar-refractivity contribution in [2.75, 3.05) is 10.6 Å². The number of alkyl halides is 4. The van der Waals surface area contributed by atoms with E-state index in [4.69, 9.17) is 0 Å². The van der Waals surface area contributed by atoms with E-state index in [-0.39, 0.29) is 17.2 Å². The van der Waals surface area contributed by atoms with Crippen LogP contribution in [0.5, 0.6) is 11.5 Å². The van der Waals surface area contributed by atoms with Crippen LogP contribution in [0.4, 0.5) is 28.9 Å². The molecule has 0 unspecified atom stereocenters. The van der Waals surface area contributed by atoms with E-state index in [1.807, 2.05) is 0 Å². The van der Waals surface area contributed by atoms with Crippen LogP contribution in [-0.4, -0.2) is 25.0 Å². The first-order valence-corrected chi connectivity index (χ1v) is 8.13. The van der Waals surface area contributed by atoms with Crippen molar-refractivity contribution < 1.29 is 36.6 Å². The number of amides is 2. The van der Waals surface area contributed by atoms with Crippen LogP contribution in [0.1, 0.15) is 12.5 Å². The summed E-state index contributed by atoms with van der Waals surface area (Å²) >= 11 is 0. The lowest BCUT2D eigenvalue weighted by molar-refractivity contribution is -0.114. The average molecular weight is 412 g/mol. The van der Waals surface area contributed by atoms with Crippen molar-refractivity contribution in [2.24, 2.45) is 0 Å². The van der Waals surface area contributed by atoms with E-state index in [2.05, 4.69) is 20.1 Å². The highest BCUT2D eigenvalue weighted by Crippen LogP contribution is 2.28. The topological polar surface area (TPSA) is 76.7 Å². The van der Waals surface area contributed by atoms with Crippen molar-refractivity contribution in [1.82, 2.24) is 0 Å². The monoisotopic (exact) mass is 412 g/mol. The molecule has 2 amide bonds. The first kappa shape index (κ1) is 21.7. The normalized spacial score (nSPS) is 11.0. The SMILES string of the molecule is CC(=O)Nc1ccc(NC(=O)/C=C/c2ccc(OC(F)F)cc2OC(F)F)cc1. The van der Waals surface area contributed by atoms with Gasteiger partial charge in [0.1, 0.15) is 11.5 Å². The molecule has 154 valence electrons. The molecule has 0 aliphatic heterocycles. The molecule has 0 heterocycles. The molecule has 0 saturated carbocycles. The van der Waals surface area contributed by atoms with Crippen molar-refractivity contribution in [1.29, 1.82) is 0 Å². The summed E-state index contributed by atoms with van der Waals surface area (Å²) in [4.78, 5) is 23.0. The Morgan fingerprint density at radius 2 is 1.48 bits per heavy atom. The molecule has 0 radical (unpaired) electrons. The van der Waals surface area contributed by atoms with Crippen molar-refractivity contribution in [3.05, 3.63) is 54.1 Å². The summed E-state index contributed by atoms with van der Waals surface area (Å²) in [6, 6.07) is 9.46. The Kier molecular flexibility index (Phi) is 7.58. The summed E-state index contributed by atoms with van der Waals surface area (Å²) in [6.45, 7) is -4.96. The van der Waals surface area contributed by atoms with E-state index in [0.717, 1.165) is 18.2 Å². The van der Waals surface area contributed by atoms with Crippen LogP contribution < -0.4 is 20.1 Å². The molecule has 0 saturated heterocycles. The molecule has 0 aliphatic rings. The smallest absolute Gasteiger partial charge is 0.387 e. The number of anilines is 2. The Morgan fingerprint density at radius 3 is 2.03 bits per heavy atom. The summed E-state index contributed by atoms with van der Waals surface area (Å²) in [7, 11) is 0. The number of nitrogens with one attached hydrogen (secondary N) is 2. The fourth-order valence-electron chi connectivity index (χ4n) is 2.22. The van der Waals surface area contributed by atoms with Gasteiger partial charge in [0.15, 0.2) is 0 Å². The molecule has 2 aromatic rings. The van der Waals surface area contributed by atoms with Crippen LogP contribution >= 0.6 is 0 Å². The van der Waals surface area contributed by atoms with E-state index in [1.54, 1.807) is 24.3 Å². The Morgan fingerprint density at radius 1 is 0.897 bits per heavy atom. The van der Waals surface area contributed by atoms with Crippen LogP contribution in [0.15, 0.2) is 48.5 Å². The van der Waals surface area contributed by atoms with Gasteiger partial charge in [-0.05, 0) is 42.5 Å². The van der Waals surface area contributed by atoms with Crippen LogP contribution in [0, 0.1) is 0 Å². The third-order valence-corrected chi connectivity index (χ3v) is 3.31. The standard InChI is InChI=1S/C19H16F4N2O4/c1-11(26)24-13-4-6-14(7-5-13)25-17(27)9-3-12-2-8-15(28-18(20)21)10-16(12)29-19(22)23/h2-10,18-19H,1H3,(H,24,26)(H,25,27)/b9-3+. The van der Waals surface area contributed by atoms with E-state index >= 15 is 0 Å². The number of rotatable bonds is 8. The molecule has 2 aromatic carbocycles. The minimum Gasteiger partial charge on any atom is -0.435 e. The highest BCUT2D eigenvalue weighted by molar-refractivity contribution is 6.02. The highest BCUT2D eigenvalue weighted by Gasteiger charge is 2.12. The number of benzene rings is 2. The van der Waals surface area contributed by atoms with Gasteiger partial charge in [0.2, 0.25) is 11.8 Å². The highest BCUT2D eigenvalue weighted by atomic mass is 19.3. The minimum absolute atomic E-state index is 0.0584. The zero-order valence-electron chi connectivity index (χ0n) is 15.0. The Labute approximate surface area is 163 Å². The lowest BCUT2D eigenvalue weighted by Crippen LogP contribution is -2.09. The molecular weight excluding hydrogens is 396 g/mol. The van der Waals surface area contributed by atoms with Gasteiger partial charge in [-0.25, -0.2) is 0 Å². The van der Waals surface area contributed by atoms with Crippen molar-refractivity contribution in [3.8, 4) is 11.5 Å². The lowest BCUT2D eigenvalue weighted by Gasteiger charge is -2.11. The average Bonchev–Trinajstić information content (AvgIpc) is 2.61. The molecule has 2 N–H and O–H groups in total. The second-order valence-corrected chi connectivity index (χ2v) is 5.54. The Bertz CT molecular complexity index is 886. The number of carbonyl (C=O) groups excluding carboxylic acids is 2. The lowest BCUT2D eigenvalue weighted by atomic mass is 10.1. The molecule has 10 heteroatoms. The van der Waals surface area contributed by atoms with Crippen molar-refractivity contribution >= 4 is 29.3 Å². The first-order valence-electron chi connectivity index (χ1n) is 8.13. The Hall–Kier alpha value is -3.56. The second kappa shape index (κ2) is 10.1. The number of halogens is 4. The van der Waals surface area contributed by atoms with Gasteiger partial charge in [0.05, 0.1) is 0 Å². The molecule has 0 atom stereocenters. The largest absolute Gasteiger partial charge is 0.435 e. The predicted molar refractivity (Wildman–Crippen MR) is 98.1 cm³/mol. The maximum absolute atomic E-state index is 12.6. The van der Waals surface area contributed by atoms with Crippen LogP contribution in [0.3, 0.4) is 0 Å². The van der Waals surface area contributed by atoms with Gasteiger partial charge in [-0.2, -0.15) is 17.6 Å². The van der Waals surface area contributed by atoms with Gasteiger partial charge in [0.25, 0.3) is 0 Å². The summed E-state index contributed by atoms with van der Waals surface area (Å²) in [5, 5.41) is 5.11. The van der Waals surface area contributed by atoms with Crippen LogP contribution in [0.2, 0.25) is 0 Å². The fourth-order valence-corrected chi connectivity index (χ4v) is 2.22. The molecule has 6 nitrogen and oxygen atoms in total. The molecule has 0 aliphatic carbocycles. The zero-order valence-corrected chi connectivity index (χ0v) is 15.0. The summed E-state index contributed by atoms with van der Waals surface area (Å²) in [6.07, 6.45) is 2.24. The van der Waals surface area contributed by atoms with Crippen LogP contribution in [0.25, 0.3) is 6.08 Å². The van der Waals surface area contributed by atoms with Crippen molar-refractivity contribution in [3.63, 3.8) is 0 Å². The quantitative estimate of drug-likeness (QED) is 0.495. The molecule has 0 aromatic heterocycles. The van der Waals surface area contributed by atoms with Crippen LogP contribution in [-0.2, 0) is 9.59 Å². The fraction of sp³-hybridized carbons (Fsp3) is 0.158. The van der Waals surface area contributed by atoms with Gasteiger partial charge in [0, 0.05) is 36.0 Å². The molecule has 0 fully saturated rings. The molecule has 2 rings (SSSR count). The number of ether oxygens (including phenoxy) is 2. The summed E-state index contributed by atoms with van der Waals surface area (Å²) < 4.78 is 58.1. The van der Waals surface area contributed by atoms with E-state index in [9.17, 15) is 27.2 Å². The maximum atomic E-state index is 12.6. The molecule has 0 spiro atoms. The second-order valence-electron chi connectivity index (χ2n) is 5.54. The zero-order chi connectivity index (χ0) is 21.4. The van der Waals surface area contributed by atoms with E-state index < -0.39 is 24.9 Å².